The number of rotatable bonds is 8. The van der Waals surface area contributed by atoms with E-state index in [0.29, 0.717) is 5.69 Å². The van der Waals surface area contributed by atoms with Gasteiger partial charge >= 0.3 is 0 Å². The number of anilines is 1. The van der Waals surface area contributed by atoms with Crippen LogP contribution in [0.2, 0.25) is 0 Å². The van der Waals surface area contributed by atoms with Crippen molar-refractivity contribution in [3.05, 3.63) is 105 Å². The van der Waals surface area contributed by atoms with Crippen molar-refractivity contribution in [1.82, 2.24) is 15.6 Å². The fourth-order valence-electron chi connectivity index (χ4n) is 2.84. The Labute approximate surface area is 200 Å². The summed E-state index contributed by atoms with van der Waals surface area (Å²) in [6.45, 7) is 1.79. The van der Waals surface area contributed by atoms with E-state index in [1.54, 1.807) is 19.1 Å². The van der Waals surface area contributed by atoms with E-state index in [0.717, 1.165) is 5.56 Å². The van der Waals surface area contributed by atoms with E-state index in [9.17, 15) is 28.1 Å². The fourth-order valence-corrected chi connectivity index (χ4v) is 3.68. The zero-order valence-corrected chi connectivity index (χ0v) is 19.2. The number of nitrogens with zero attached hydrogens (tertiary/aromatic N) is 1. The SMILES string of the molecule is Cc1ccc(S(=O)(=O)NNC(=O)/C(=C/c2cccc([N+](=O)[O-])c2)NC(=O)c2ccc(N)cc2)cc1. The van der Waals surface area contributed by atoms with E-state index in [-0.39, 0.29) is 27.4 Å². The molecule has 5 N–H and O–H groups in total. The molecule has 12 heteroatoms. The largest absolute Gasteiger partial charge is 0.399 e. The van der Waals surface area contributed by atoms with Crippen molar-refractivity contribution in [1.29, 1.82) is 0 Å². The Bertz CT molecular complexity index is 1400. The van der Waals surface area contributed by atoms with Crippen LogP contribution in [0.15, 0.2) is 83.4 Å². The molecule has 3 aromatic rings. The average Bonchev–Trinajstić information content (AvgIpc) is 2.83. The lowest BCUT2D eigenvalue weighted by Crippen LogP contribution is -2.45. The Morgan fingerprint density at radius 2 is 1.66 bits per heavy atom. The number of nitro benzene ring substituents is 1. The van der Waals surface area contributed by atoms with Gasteiger partial charge in [0.2, 0.25) is 0 Å². The van der Waals surface area contributed by atoms with Crippen molar-refractivity contribution >= 4 is 39.3 Å². The van der Waals surface area contributed by atoms with Gasteiger partial charge in [-0.25, -0.2) is 8.42 Å². The van der Waals surface area contributed by atoms with E-state index in [1.165, 1.54) is 66.7 Å². The van der Waals surface area contributed by atoms with Crippen LogP contribution in [0.3, 0.4) is 0 Å². The molecule has 0 fully saturated rings. The van der Waals surface area contributed by atoms with Crippen LogP contribution in [-0.4, -0.2) is 25.2 Å². The quantitative estimate of drug-likeness (QED) is 0.160. The standard InChI is InChI=1S/C23H21N5O6S/c1-15-5-11-20(12-6-15)35(33,34)27-26-23(30)21(14-16-3-2-4-19(13-16)28(31)32)25-22(29)17-7-9-18(24)10-8-17/h2-14,27H,24H2,1H3,(H,25,29)(H,26,30)/b21-14-. The molecule has 0 radical (unpaired) electrons. The van der Waals surface area contributed by atoms with Crippen molar-refractivity contribution in [2.45, 2.75) is 11.8 Å². The molecule has 0 unspecified atom stereocenters. The Hall–Kier alpha value is -4.55. The van der Waals surface area contributed by atoms with Crippen molar-refractivity contribution in [2.24, 2.45) is 0 Å². The van der Waals surface area contributed by atoms with Crippen molar-refractivity contribution in [3.8, 4) is 0 Å². The normalized spacial score (nSPS) is 11.5. The fraction of sp³-hybridized carbons (Fsp3) is 0.0435. The molecule has 3 rings (SSSR count). The highest BCUT2D eigenvalue weighted by molar-refractivity contribution is 7.89. The summed E-state index contributed by atoms with van der Waals surface area (Å²) < 4.78 is 25.0. The maximum atomic E-state index is 12.8. The lowest BCUT2D eigenvalue weighted by Gasteiger charge is -2.13. The first kappa shape index (κ1) is 25.1. The van der Waals surface area contributed by atoms with Gasteiger partial charge in [-0.15, -0.1) is 4.83 Å². The van der Waals surface area contributed by atoms with Gasteiger partial charge < -0.3 is 11.1 Å². The minimum atomic E-state index is -4.11. The summed E-state index contributed by atoms with van der Waals surface area (Å²) in [5.41, 5.74) is 8.76. The van der Waals surface area contributed by atoms with Crippen LogP contribution in [0.4, 0.5) is 11.4 Å². The summed E-state index contributed by atoms with van der Waals surface area (Å²) in [5.74, 6) is -1.69. The van der Waals surface area contributed by atoms with Gasteiger partial charge in [0.1, 0.15) is 5.70 Å². The lowest BCUT2D eigenvalue weighted by molar-refractivity contribution is -0.384. The third-order valence-corrected chi connectivity index (χ3v) is 5.95. The molecular formula is C23H21N5O6S. The molecule has 0 aliphatic heterocycles. The summed E-state index contributed by atoms with van der Waals surface area (Å²) in [6, 6.07) is 17.1. The molecule has 0 atom stereocenters. The van der Waals surface area contributed by atoms with Crippen molar-refractivity contribution < 1.29 is 22.9 Å². The number of nitro groups is 1. The van der Waals surface area contributed by atoms with Gasteiger partial charge in [0.25, 0.3) is 27.5 Å². The zero-order chi connectivity index (χ0) is 25.6. The topological polar surface area (TPSA) is 174 Å². The Morgan fingerprint density at radius 3 is 2.29 bits per heavy atom. The van der Waals surface area contributed by atoms with E-state index in [1.807, 2.05) is 10.3 Å². The molecule has 0 aromatic heterocycles. The molecule has 0 heterocycles. The first-order chi connectivity index (χ1) is 16.5. The molecule has 0 aliphatic rings. The number of sulfonamides is 1. The second kappa shape index (κ2) is 10.6. The number of nitrogens with one attached hydrogen (secondary N) is 3. The third kappa shape index (κ3) is 6.72. The van der Waals surface area contributed by atoms with Gasteiger partial charge in [0.15, 0.2) is 0 Å². The predicted octanol–water partition coefficient (Wildman–Crippen LogP) is 2.27. The number of hydrazine groups is 1. The lowest BCUT2D eigenvalue weighted by atomic mass is 10.1. The molecule has 0 saturated heterocycles. The zero-order valence-electron chi connectivity index (χ0n) is 18.4. The van der Waals surface area contributed by atoms with Crippen LogP contribution >= 0.6 is 0 Å². The first-order valence-corrected chi connectivity index (χ1v) is 11.6. The molecule has 0 bridgehead atoms. The number of amides is 2. The van der Waals surface area contributed by atoms with Crippen molar-refractivity contribution in [3.63, 3.8) is 0 Å². The number of aryl methyl sites for hydroxylation is 1. The monoisotopic (exact) mass is 495 g/mol. The minimum absolute atomic E-state index is 0.0847. The van der Waals surface area contributed by atoms with Crippen molar-refractivity contribution in [2.75, 3.05) is 5.73 Å². The van der Waals surface area contributed by atoms with E-state index < -0.39 is 26.8 Å². The van der Waals surface area contributed by atoms with Gasteiger partial charge in [0, 0.05) is 23.4 Å². The van der Waals surface area contributed by atoms with Crippen LogP contribution < -0.4 is 21.3 Å². The van der Waals surface area contributed by atoms with Crippen LogP contribution in [-0.2, 0) is 14.8 Å². The van der Waals surface area contributed by atoms with E-state index in [2.05, 4.69) is 5.32 Å². The number of nitrogen functional groups attached to an aromatic ring is 1. The van der Waals surface area contributed by atoms with Crippen LogP contribution in [0.5, 0.6) is 0 Å². The molecule has 35 heavy (non-hydrogen) atoms. The van der Waals surface area contributed by atoms with Gasteiger partial charge in [-0.3, -0.25) is 25.1 Å². The van der Waals surface area contributed by atoms with E-state index >= 15 is 0 Å². The molecule has 2 amide bonds. The number of hydrogen-bond acceptors (Lipinski definition) is 7. The molecule has 0 aliphatic carbocycles. The number of non-ortho nitro benzene ring substituents is 1. The summed E-state index contributed by atoms with van der Waals surface area (Å²) in [4.78, 5) is 37.9. The second-order valence-corrected chi connectivity index (χ2v) is 9.04. The maximum Gasteiger partial charge on any atom is 0.282 e. The third-order valence-electron chi connectivity index (χ3n) is 4.69. The highest BCUT2D eigenvalue weighted by Gasteiger charge is 2.19. The van der Waals surface area contributed by atoms with Gasteiger partial charge in [0.05, 0.1) is 9.82 Å². The smallest absolute Gasteiger partial charge is 0.282 e. The summed E-state index contributed by atoms with van der Waals surface area (Å²) >= 11 is 0. The summed E-state index contributed by atoms with van der Waals surface area (Å²) in [6.07, 6.45) is 1.18. The molecule has 0 spiro atoms. The van der Waals surface area contributed by atoms with Crippen LogP contribution in [0, 0.1) is 17.0 Å². The van der Waals surface area contributed by atoms with Crippen LogP contribution in [0.1, 0.15) is 21.5 Å². The maximum absolute atomic E-state index is 12.8. The summed E-state index contributed by atoms with van der Waals surface area (Å²) in [5, 5.41) is 13.5. The highest BCUT2D eigenvalue weighted by atomic mass is 32.2. The minimum Gasteiger partial charge on any atom is -0.399 e. The molecule has 3 aromatic carbocycles. The Balaban J connectivity index is 1.87. The molecular weight excluding hydrogens is 474 g/mol. The molecule has 180 valence electrons. The van der Waals surface area contributed by atoms with Gasteiger partial charge in [-0.1, -0.05) is 29.8 Å². The number of benzene rings is 3. The van der Waals surface area contributed by atoms with Gasteiger partial charge in [-0.05, 0) is 55.0 Å². The number of carbonyl (C=O) groups excluding carboxylic acids is 2. The Kier molecular flexibility index (Phi) is 7.59. The first-order valence-electron chi connectivity index (χ1n) is 10.1. The molecule has 0 saturated carbocycles. The predicted molar refractivity (Wildman–Crippen MR) is 129 cm³/mol. The van der Waals surface area contributed by atoms with Gasteiger partial charge in [-0.2, -0.15) is 0 Å². The average molecular weight is 496 g/mol. The second-order valence-electron chi connectivity index (χ2n) is 7.36. The van der Waals surface area contributed by atoms with E-state index in [4.69, 9.17) is 5.73 Å². The number of carbonyl (C=O) groups is 2. The summed E-state index contributed by atoms with van der Waals surface area (Å²) in [7, 11) is -4.11. The number of nitrogens with two attached hydrogens (primary N) is 1. The molecule has 11 nitrogen and oxygen atoms in total. The van der Waals surface area contributed by atoms with Crippen LogP contribution in [0.25, 0.3) is 6.08 Å². The Morgan fingerprint density at radius 1 is 1.00 bits per heavy atom. The number of hydrogen-bond donors (Lipinski definition) is 4. The highest BCUT2D eigenvalue weighted by Crippen LogP contribution is 2.16.